The number of carbonyl (C=O) groups is 1. The maximum atomic E-state index is 11.9. The van der Waals surface area contributed by atoms with Crippen molar-refractivity contribution in [3.8, 4) is 0 Å². The molecule has 5 heteroatoms. The molecule has 1 aliphatic rings. The molecule has 5 nitrogen and oxygen atoms in total. The fourth-order valence-electron chi connectivity index (χ4n) is 1.92. The summed E-state index contributed by atoms with van der Waals surface area (Å²) in [4.78, 5) is 11.9. The van der Waals surface area contributed by atoms with Crippen molar-refractivity contribution in [1.82, 2.24) is 0 Å². The molecule has 1 fully saturated rings. The van der Waals surface area contributed by atoms with Gasteiger partial charge in [0.25, 0.3) is 0 Å². The zero-order valence-electron chi connectivity index (χ0n) is 12.4. The number of aliphatic hydroxyl groups is 1. The first kappa shape index (κ1) is 16.6. The molecule has 2 atom stereocenters. The zero-order valence-corrected chi connectivity index (χ0v) is 12.4. The monoisotopic (exact) mass is 274 g/mol. The van der Waals surface area contributed by atoms with Crippen molar-refractivity contribution in [1.29, 1.82) is 0 Å². The average Bonchev–Trinajstić information content (AvgIpc) is 2.82. The van der Waals surface area contributed by atoms with Crippen LogP contribution < -0.4 is 0 Å². The summed E-state index contributed by atoms with van der Waals surface area (Å²) in [6, 6.07) is 0. The molecule has 112 valence electrons. The van der Waals surface area contributed by atoms with Gasteiger partial charge in [0.2, 0.25) is 0 Å². The van der Waals surface area contributed by atoms with Gasteiger partial charge in [-0.2, -0.15) is 0 Å². The predicted octanol–water partition coefficient (Wildman–Crippen LogP) is 2.01. The molecule has 1 heterocycles. The molecule has 0 aromatic heterocycles. The molecule has 0 radical (unpaired) electrons. The molecule has 0 bridgehead atoms. The van der Waals surface area contributed by atoms with Gasteiger partial charge in [0.05, 0.1) is 13.2 Å². The molecule has 1 N–H and O–H groups in total. The van der Waals surface area contributed by atoms with Gasteiger partial charge in [-0.25, -0.2) is 0 Å². The first-order valence-electron chi connectivity index (χ1n) is 7.09. The number of carbonyl (C=O) groups excluding carboxylic acids is 1. The third kappa shape index (κ3) is 4.53. The standard InChI is InChI=1S/C14H26O5/c1-5-13(4)18-10-12(19-13)11(15)8-9-17-14(16,6-2)7-3/h12,16H,5-10H2,1-4H3/t12-,13?/m0/s1. The molecule has 1 unspecified atom stereocenters. The van der Waals surface area contributed by atoms with E-state index < -0.39 is 17.7 Å². The molecule has 1 aliphatic heterocycles. The summed E-state index contributed by atoms with van der Waals surface area (Å²) in [6.07, 6.45) is 1.45. The summed E-state index contributed by atoms with van der Waals surface area (Å²) in [7, 11) is 0. The van der Waals surface area contributed by atoms with Crippen LogP contribution in [-0.2, 0) is 19.0 Å². The fourth-order valence-corrected chi connectivity index (χ4v) is 1.92. The number of ether oxygens (including phenoxy) is 3. The van der Waals surface area contributed by atoms with Crippen molar-refractivity contribution >= 4 is 5.78 Å². The predicted molar refractivity (Wildman–Crippen MR) is 70.6 cm³/mol. The van der Waals surface area contributed by atoms with Crippen LogP contribution in [0.15, 0.2) is 0 Å². The Labute approximate surface area is 115 Å². The molecule has 0 aromatic rings. The van der Waals surface area contributed by atoms with E-state index in [1.165, 1.54) is 0 Å². The number of hydrogen-bond acceptors (Lipinski definition) is 5. The summed E-state index contributed by atoms with van der Waals surface area (Å²) in [5.74, 6) is -1.80. The van der Waals surface area contributed by atoms with Crippen LogP contribution in [0, 0.1) is 0 Å². The lowest BCUT2D eigenvalue weighted by atomic mass is 10.1. The average molecular weight is 274 g/mol. The first-order chi connectivity index (χ1) is 8.88. The van der Waals surface area contributed by atoms with Crippen LogP contribution in [0.1, 0.15) is 53.4 Å². The topological polar surface area (TPSA) is 65.0 Å². The van der Waals surface area contributed by atoms with Crippen LogP contribution in [0.5, 0.6) is 0 Å². The third-order valence-electron chi connectivity index (χ3n) is 3.76. The van der Waals surface area contributed by atoms with Crippen molar-refractivity contribution in [2.45, 2.75) is 71.1 Å². The SMILES string of the molecule is CCC(O)(CC)OCCC(=O)[C@@H]1COC(C)(CC)O1. The number of hydrogen-bond donors (Lipinski definition) is 1. The number of rotatable bonds is 8. The molecule has 0 saturated carbocycles. The Kier molecular flexibility index (Phi) is 5.92. The van der Waals surface area contributed by atoms with Gasteiger partial charge < -0.3 is 19.3 Å². The van der Waals surface area contributed by atoms with Crippen LogP contribution in [-0.4, -0.2) is 41.8 Å². The summed E-state index contributed by atoms with van der Waals surface area (Å²) in [6.45, 7) is 8.01. The molecule has 0 spiro atoms. The van der Waals surface area contributed by atoms with Crippen LogP contribution in [0.3, 0.4) is 0 Å². The Balaban J connectivity index is 2.33. The lowest BCUT2D eigenvalue weighted by Crippen LogP contribution is -2.33. The van der Waals surface area contributed by atoms with E-state index in [1.807, 2.05) is 27.7 Å². The molecular weight excluding hydrogens is 248 g/mol. The van der Waals surface area contributed by atoms with Gasteiger partial charge in [-0.1, -0.05) is 20.8 Å². The van der Waals surface area contributed by atoms with Crippen LogP contribution in [0.4, 0.5) is 0 Å². The lowest BCUT2D eigenvalue weighted by molar-refractivity contribution is -0.207. The largest absolute Gasteiger partial charge is 0.365 e. The maximum absolute atomic E-state index is 11.9. The van der Waals surface area contributed by atoms with Gasteiger partial charge in [0.15, 0.2) is 17.4 Å². The molecule has 1 saturated heterocycles. The smallest absolute Gasteiger partial charge is 0.166 e. The minimum absolute atomic E-state index is 0.0354. The minimum atomic E-state index is -1.12. The second-order valence-corrected chi connectivity index (χ2v) is 5.12. The highest BCUT2D eigenvalue weighted by Gasteiger charge is 2.38. The Morgan fingerprint density at radius 1 is 1.42 bits per heavy atom. The molecule has 0 aliphatic carbocycles. The number of Topliss-reactive ketones (excluding diaryl/α,β-unsaturated/α-hetero) is 1. The minimum Gasteiger partial charge on any atom is -0.365 e. The summed E-state index contributed by atoms with van der Waals surface area (Å²) < 4.78 is 16.5. The molecule has 0 aromatic carbocycles. The van der Waals surface area contributed by atoms with Crippen molar-refractivity contribution in [3.05, 3.63) is 0 Å². The highest BCUT2D eigenvalue weighted by molar-refractivity contribution is 5.83. The van der Waals surface area contributed by atoms with Gasteiger partial charge in [-0.05, 0) is 26.2 Å². The second kappa shape index (κ2) is 6.79. The first-order valence-corrected chi connectivity index (χ1v) is 7.09. The Bertz CT molecular complexity index is 300. The van der Waals surface area contributed by atoms with Crippen molar-refractivity contribution in [2.24, 2.45) is 0 Å². The van der Waals surface area contributed by atoms with E-state index in [9.17, 15) is 9.90 Å². The van der Waals surface area contributed by atoms with E-state index >= 15 is 0 Å². The Hall–Kier alpha value is -0.490. The molecular formula is C14H26O5. The zero-order chi connectivity index (χ0) is 14.5. The number of ketones is 1. The summed E-state index contributed by atoms with van der Waals surface area (Å²) in [5.41, 5.74) is 0. The van der Waals surface area contributed by atoms with Crippen LogP contribution >= 0.6 is 0 Å². The van der Waals surface area contributed by atoms with E-state index in [-0.39, 0.29) is 18.8 Å². The summed E-state index contributed by atoms with van der Waals surface area (Å²) >= 11 is 0. The van der Waals surface area contributed by atoms with E-state index in [0.717, 1.165) is 0 Å². The van der Waals surface area contributed by atoms with Gasteiger partial charge in [0.1, 0.15) is 6.10 Å². The lowest BCUT2D eigenvalue weighted by Gasteiger charge is -2.25. The van der Waals surface area contributed by atoms with Crippen LogP contribution in [0.25, 0.3) is 0 Å². The van der Waals surface area contributed by atoms with Gasteiger partial charge >= 0.3 is 0 Å². The van der Waals surface area contributed by atoms with Gasteiger partial charge in [0, 0.05) is 6.42 Å². The maximum Gasteiger partial charge on any atom is 0.166 e. The van der Waals surface area contributed by atoms with Gasteiger partial charge in [-0.3, -0.25) is 4.79 Å². The molecule has 0 amide bonds. The molecule has 19 heavy (non-hydrogen) atoms. The Morgan fingerprint density at radius 2 is 2.05 bits per heavy atom. The highest BCUT2D eigenvalue weighted by atomic mass is 16.7. The fraction of sp³-hybridized carbons (Fsp3) is 0.929. The second-order valence-electron chi connectivity index (χ2n) is 5.12. The summed E-state index contributed by atoms with van der Waals surface area (Å²) in [5, 5.41) is 9.94. The van der Waals surface area contributed by atoms with E-state index in [2.05, 4.69) is 0 Å². The van der Waals surface area contributed by atoms with Gasteiger partial charge in [-0.15, -0.1) is 0 Å². The highest BCUT2D eigenvalue weighted by Crippen LogP contribution is 2.27. The van der Waals surface area contributed by atoms with E-state index in [4.69, 9.17) is 14.2 Å². The normalized spacial score (nSPS) is 27.7. The quantitative estimate of drug-likeness (QED) is 0.686. The van der Waals surface area contributed by atoms with E-state index in [0.29, 0.717) is 25.9 Å². The van der Waals surface area contributed by atoms with Crippen molar-refractivity contribution in [2.75, 3.05) is 13.2 Å². The van der Waals surface area contributed by atoms with Crippen molar-refractivity contribution in [3.63, 3.8) is 0 Å². The van der Waals surface area contributed by atoms with Crippen LogP contribution in [0.2, 0.25) is 0 Å². The third-order valence-corrected chi connectivity index (χ3v) is 3.76. The van der Waals surface area contributed by atoms with Crippen molar-refractivity contribution < 1.29 is 24.1 Å². The Morgan fingerprint density at radius 3 is 2.53 bits per heavy atom. The van der Waals surface area contributed by atoms with E-state index in [1.54, 1.807) is 0 Å². The molecule has 1 rings (SSSR count).